The van der Waals surface area contributed by atoms with Gasteiger partial charge in [0.1, 0.15) is 0 Å². The van der Waals surface area contributed by atoms with Crippen molar-refractivity contribution in [2.24, 2.45) is 5.73 Å². The maximum Gasteiger partial charge on any atom is 0.336 e. The number of amides is 3. The number of nitrogens with one attached hydrogen (secondary N) is 1. The summed E-state index contributed by atoms with van der Waals surface area (Å²) in [5.74, 6) is -0.545. The number of hydrogen-bond donors (Lipinski definition) is 4. The van der Waals surface area contributed by atoms with Crippen LogP contribution < -0.4 is 21.1 Å². The molecule has 0 unspecified atom stereocenters. The Morgan fingerprint density at radius 1 is 1.14 bits per heavy atom. The Bertz CT molecular complexity index is 701. The van der Waals surface area contributed by atoms with Gasteiger partial charge in [0.15, 0.2) is 0 Å². The Kier molecular flexibility index (Phi) is 4.79. The molecule has 5 N–H and O–H groups in total. The number of anilines is 3. The van der Waals surface area contributed by atoms with E-state index >= 15 is 0 Å². The molecule has 0 spiro atoms. The van der Waals surface area contributed by atoms with E-state index in [4.69, 9.17) is 23.1 Å². The molecule has 0 heterocycles. The molecular formula is C14H13ClN4O2S. The van der Waals surface area contributed by atoms with E-state index in [0.717, 1.165) is 4.31 Å². The van der Waals surface area contributed by atoms with Gasteiger partial charge in [0.2, 0.25) is 5.91 Å². The van der Waals surface area contributed by atoms with Crippen LogP contribution in [0.1, 0.15) is 10.4 Å². The highest BCUT2D eigenvalue weighted by molar-refractivity contribution is 7.82. The lowest BCUT2D eigenvalue weighted by Gasteiger charge is -2.17. The molecule has 2 rings (SSSR count). The number of carbonyl (C=O) groups excluding carboxylic acids is 2. The largest absolute Gasteiger partial charge is 0.399 e. The lowest BCUT2D eigenvalue weighted by Crippen LogP contribution is -2.26. The minimum absolute atomic E-state index is 0.341. The second-order valence-corrected chi connectivity index (χ2v) is 5.26. The fraction of sp³-hybridized carbons (Fsp3) is 0. The van der Waals surface area contributed by atoms with Crippen molar-refractivity contribution in [1.82, 2.24) is 0 Å². The molecule has 0 saturated carbocycles. The van der Waals surface area contributed by atoms with E-state index in [1.165, 1.54) is 12.1 Å². The molecule has 0 fully saturated rings. The van der Waals surface area contributed by atoms with Crippen molar-refractivity contribution in [3.05, 3.63) is 53.1 Å². The smallest absolute Gasteiger partial charge is 0.336 e. The zero-order valence-electron chi connectivity index (χ0n) is 11.3. The molecule has 0 aromatic heterocycles. The average molecular weight is 337 g/mol. The number of urea groups is 1. The van der Waals surface area contributed by atoms with Gasteiger partial charge in [0, 0.05) is 22.0 Å². The predicted molar refractivity (Wildman–Crippen MR) is 91.3 cm³/mol. The number of nitrogen functional groups attached to an aromatic ring is 1. The van der Waals surface area contributed by atoms with Crippen LogP contribution in [-0.2, 0) is 0 Å². The van der Waals surface area contributed by atoms with Gasteiger partial charge in [-0.15, -0.1) is 0 Å². The zero-order chi connectivity index (χ0) is 16.3. The molecule has 2 aromatic carbocycles. The number of nitrogens with zero attached hydrogens (tertiary/aromatic N) is 1. The molecule has 0 bridgehead atoms. The minimum Gasteiger partial charge on any atom is -0.399 e. The minimum atomic E-state index is -0.545. The van der Waals surface area contributed by atoms with Crippen molar-refractivity contribution in [3.8, 4) is 0 Å². The fourth-order valence-corrected chi connectivity index (χ4v) is 2.17. The molecule has 0 saturated heterocycles. The van der Waals surface area contributed by atoms with Crippen LogP contribution in [0.15, 0.2) is 42.5 Å². The van der Waals surface area contributed by atoms with Crippen LogP contribution in [0.2, 0.25) is 5.02 Å². The first kappa shape index (κ1) is 16.0. The van der Waals surface area contributed by atoms with Crippen molar-refractivity contribution in [3.63, 3.8) is 0 Å². The van der Waals surface area contributed by atoms with E-state index in [1.807, 2.05) is 0 Å². The summed E-state index contributed by atoms with van der Waals surface area (Å²) in [7, 11) is 0. The maximum absolute atomic E-state index is 12.1. The molecular weight excluding hydrogens is 324 g/mol. The fourth-order valence-electron chi connectivity index (χ4n) is 1.75. The van der Waals surface area contributed by atoms with Crippen molar-refractivity contribution in [2.75, 3.05) is 15.4 Å². The number of rotatable bonds is 3. The molecule has 6 nitrogen and oxygen atoms in total. The van der Waals surface area contributed by atoms with Crippen LogP contribution >= 0.6 is 24.4 Å². The third kappa shape index (κ3) is 3.84. The summed E-state index contributed by atoms with van der Waals surface area (Å²) in [4.78, 5) is 23.1. The van der Waals surface area contributed by atoms with Crippen LogP contribution in [0.4, 0.5) is 21.9 Å². The summed E-state index contributed by atoms with van der Waals surface area (Å²) < 4.78 is 1.09. The number of thiol groups is 1. The van der Waals surface area contributed by atoms with Crippen LogP contribution in [0, 0.1) is 0 Å². The molecule has 8 heteroatoms. The van der Waals surface area contributed by atoms with Crippen LogP contribution in [-0.4, -0.2) is 11.9 Å². The normalized spacial score (nSPS) is 10.1. The average Bonchev–Trinajstić information content (AvgIpc) is 2.45. The third-order valence-electron chi connectivity index (χ3n) is 2.76. The first-order valence-corrected chi connectivity index (χ1v) is 6.90. The summed E-state index contributed by atoms with van der Waals surface area (Å²) in [6.45, 7) is 0. The van der Waals surface area contributed by atoms with Gasteiger partial charge in [-0.1, -0.05) is 24.4 Å². The quantitative estimate of drug-likeness (QED) is 0.512. The van der Waals surface area contributed by atoms with Crippen LogP contribution in [0.25, 0.3) is 0 Å². The van der Waals surface area contributed by atoms with Crippen molar-refractivity contribution >= 4 is 53.4 Å². The maximum atomic E-state index is 12.1. The van der Waals surface area contributed by atoms with Gasteiger partial charge in [0.25, 0.3) is 0 Å². The highest BCUT2D eigenvalue weighted by Crippen LogP contribution is 2.23. The summed E-state index contributed by atoms with van der Waals surface area (Å²) in [5, 5.41) is 3.02. The Morgan fingerprint density at radius 3 is 2.32 bits per heavy atom. The summed E-state index contributed by atoms with van der Waals surface area (Å²) in [6.07, 6.45) is 0. The van der Waals surface area contributed by atoms with Crippen molar-refractivity contribution in [1.29, 1.82) is 0 Å². The highest BCUT2D eigenvalue weighted by atomic mass is 35.5. The molecule has 2 aromatic rings. The molecule has 0 aliphatic heterocycles. The van der Waals surface area contributed by atoms with Gasteiger partial charge in [-0.05, 0) is 42.5 Å². The van der Waals surface area contributed by atoms with Crippen molar-refractivity contribution in [2.45, 2.75) is 0 Å². The molecule has 22 heavy (non-hydrogen) atoms. The van der Waals surface area contributed by atoms with Gasteiger partial charge in [-0.25, -0.2) is 9.10 Å². The van der Waals surface area contributed by atoms with Crippen LogP contribution in [0.5, 0.6) is 0 Å². The standard InChI is InChI=1S/C14H13ClN4O2S/c15-9-5-10(16)7-11(6-9)18-14(21)19(22)12-3-1-8(2-4-12)13(17)20/h1-7,22H,16H2,(H2,17,20)(H,18,21). The zero-order valence-corrected chi connectivity index (χ0v) is 12.9. The summed E-state index contributed by atoms with van der Waals surface area (Å²) >= 11 is 9.99. The van der Waals surface area contributed by atoms with Crippen LogP contribution in [0.3, 0.4) is 0 Å². The van der Waals surface area contributed by atoms with Gasteiger partial charge in [-0.2, -0.15) is 0 Å². The molecule has 114 valence electrons. The summed E-state index contributed by atoms with van der Waals surface area (Å²) in [5.41, 5.74) is 12.5. The monoisotopic (exact) mass is 336 g/mol. The summed E-state index contributed by atoms with van der Waals surface area (Å²) in [6, 6.07) is 10.3. The Labute approximate surface area is 137 Å². The lowest BCUT2D eigenvalue weighted by atomic mass is 10.2. The first-order chi connectivity index (χ1) is 10.4. The van der Waals surface area contributed by atoms with Crippen molar-refractivity contribution < 1.29 is 9.59 Å². The third-order valence-corrected chi connectivity index (χ3v) is 3.39. The van der Waals surface area contributed by atoms with Gasteiger partial charge < -0.3 is 16.8 Å². The lowest BCUT2D eigenvalue weighted by molar-refractivity contribution is 0.100. The van der Waals surface area contributed by atoms with Gasteiger partial charge in [-0.3, -0.25) is 4.79 Å². The van der Waals surface area contributed by atoms with Gasteiger partial charge >= 0.3 is 6.03 Å². The van der Waals surface area contributed by atoms with E-state index in [-0.39, 0.29) is 0 Å². The van der Waals surface area contributed by atoms with E-state index in [9.17, 15) is 9.59 Å². The number of carbonyl (C=O) groups is 2. The Hall–Kier alpha value is -2.38. The first-order valence-electron chi connectivity index (χ1n) is 6.13. The number of nitrogens with two attached hydrogens (primary N) is 2. The SMILES string of the molecule is NC(=O)c1ccc(N(S)C(=O)Nc2cc(N)cc(Cl)c2)cc1. The predicted octanol–water partition coefficient (Wildman–Crippen LogP) is 2.90. The Balaban J connectivity index is 2.13. The highest BCUT2D eigenvalue weighted by Gasteiger charge is 2.13. The molecule has 3 amide bonds. The van der Waals surface area contributed by atoms with Gasteiger partial charge in [0.05, 0.1) is 5.69 Å². The molecule has 0 aliphatic carbocycles. The number of halogens is 1. The number of primary amides is 1. The second kappa shape index (κ2) is 6.59. The number of benzene rings is 2. The Morgan fingerprint density at radius 2 is 1.77 bits per heavy atom. The molecule has 0 aliphatic rings. The van der Waals surface area contributed by atoms with E-state index < -0.39 is 11.9 Å². The van der Waals surface area contributed by atoms with E-state index in [0.29, 0.717) is 27.6 Å². The molecule has 0 atom stereocenters. The van der Waals surface area contributed by atoms with E-state index in [2.05, 4.69) is 18.1 Å². The topological polar surface area (TPSA) is 101 Å². The second-order valence-electron chi connectivity index (χ2n) is 4.43. The molecule has 0 radical (unpaired) electrons. The van der Waals surface area contributed by atoms with E-state index in [1.54, 1.807) is 30.3 Å². The number of hydrogen-bond acceptors (Lipinski definition) is 4.